The van der Waals surface area contributed by atoms with E-state index < -0.39 is 37.0 Å². The summed E-state index contributed by atoms with van der Waals surface area (Å²) in [6.07, 6.45) is 7.88. The predicted molar refractivity (Wildman–Crippen MR) is 242 cm³/mol. The smallest absolute Gasteiger partial charge is 0.312 e. The minimum absolute atomic E-state index is 0.0500. The molecule has 15 heteroatoms. The summed E-state index contributed by atoms with van der Waals surface area (Å²) in [5, 5.41) is 25.3. The normalized spacial score (nSPS) is 23.4. The summed E-state index contributed by atoms with van der Waals surface area (Å²) >= 11 is 0. The van der Waals surface area contributed by atoms with E-state index in [-0.39, 0.29) is 34.6 Å². The monoisotopic (exact) mass is 881 g/mol. The van der Waals surface area contributed by atoms with E-state index in [0.29, 0.717) is 37.0 Å². The number of pyridine rings is 1. The second-order valence-electron chi connectivity index (χ2n) is 19.0. The molecule has 1 spiro atoms. The number of carbonyl (C=O) groups excluding carboxylic acids is 1. The third-order valence-electron chi connectivity index (χ3n) is 14.2. The van der Waals surface area contributed by atoms with Gasteiger partial charge in [0.1, 0.15) is 10.7 Å². The van der Waals surface area contributed by atoms with E-state index in [1.807, 2.05) is 24.3 Å². The lowest BCUT2D eigenvalue weighted by Crippen LogP contribution is -2.60. The number of piperazine rings is 1. The Labute approximate surface area is 370 Å². The summed E-state index contributed by atoms with van der Waals surface area (Å²) in [4.78, 5) is 36.1. The number of amides is 1. The molecule has 4 fully saturated rings. The Balaban J connectivity index is 0.902. The number of para-hydroxylation sites is 1. The maximum absolute atomic E-state index is 13.7. The third-order valence-corrected chi connectivity index (χ3v) is 15.5. The second-order valence-corrected chi connectivity index (χ2v) is 20.7. The lowest BCUT2D eigenvalue weighted by molar-refractivity contribution is -0.384. The summed E-state index contributed by atoms with van der Waals surface area (Å²) in [6.45, 7) is 11.7. The standard InChI is InChI=1S/C48H60FN7O6S/c1-33(2)39-8-4-5-9-40(39)44-32-53(31-35-12-14-36(49)15-13-35)24-25-55(44)37-27-48(28-37)20-22-54(23-21-48)42-11-7-6-10-41(42)46(57)52-63(61,62)38-26-43(56(59)60)45(51-30-38)50-29-34-16-18-47(3,58)19-17-34/h4-15,26,30,33-34,37,44,58H,16-25,27-29,31-32H2,1-3H3,(H,50,51)(H,52,57)/t34?,44-,47?/m0/s1. The van der Waals surface area contributed by atoms with Gasteiger partial charge in [-0.15, -0.1) is 0 Å². The van der Waals surface area contributed by atoms with Gasteiger partial charge in [0, 0.05) is 69.7 Å². The number of piperidine rings is 1. The van der Waals surface area contributed by atoms with Crippen LogP contribution in [0.4, 0.5) is 21.6 Å². The number of nitro groups is 1. The number of sulfonamides is 1. The van der Waals surface area contributed by atoms with Crippen molar-refractivity contribution >= 4 is 33.1 Å². The fourth-order valence-electron chi connectivity index (χ4n) is 10.5. The van der Waals surface area contributed by atoms with Crippen LogP contribution in [-0.4, -0.2) is 90.1 Å². The number of aliphatic hydroxyl groups is 1. The van der Waals surface area contributed by atoms with E-state index >= 15 is 0 Å². The minimum atomic E-state index is -4.52. The second kappa shape index (κ2) is 18.3. The molecule has 4 aliphatic rings. The topological polar surface area (TPSA) is 161 Å². The highest BCUT2D eigenvalue weighted by molar-refractivity contribution is 7.90. The van der Waals surface area contributed by atoms with Crippen molar-refractivity contribution in [3.63, 3.8) is 0 Å². The van der Waals surface area contributed by atoms with Crippen LogP contribution in [0.3, 0.4) is 0 Å². The number of aromatic nitrogens is 1. The maximum atomic E-state index is 13.7. The molecule has 8 rings (SSSR count). The van der Waals surface area contributed by atoms with Crippen LogP contribution >= 0.6 is 0 Å². The average Bonchev–Trinajstić information content (AvgIpc) is 3.26. The molecule has 0 unspecified atom stereocenters. The van der Waals surface area contributed by atoms with Gasteiger partial charge in [0.2, 0.25) is 5.82 Å². The van der Waals surface area contributed by atoms with Crippen LogP contribution in [0, 0.1) is 27.3 Å². The van der Waals surface area contributed by atoms with Crippen LogP contribution in [0.5, 0.6) is 0 Å². The van der Waals surface area contributed by atoms with E-state index in [9.17, 15) is 32.8 Å². The van der Waals surface area contributed by atoms with Gasteiger partial charge >= 0.3 is 5.69 Å². The van der Waals surface area contributed by atoms with Crippen LogP contribution in [0.15, 0.2) is 90.0 Å². The first-order valence-electron chi connectivity index (χ1n) is 22.4. The van der Waals surface area contributed by atoms with Gasteiger partial charge < -0.3 is 15.3 Å². The number of nitrogens with one attached hydrogen (secondary N) is 2. The molecule has 3 N–H and O–H groups in total. The van der Waals surface area contributed by atoms with Gasteiger partial charge in [-0.2, -0.15) is 0 Å². The van der Waals surface area contributed by atoms with Crippen LogP contribution in [-0.2, 0) is 16.6 Å². The Morgan fingerprint density at radius 2 is 1.65 bits per heavy atom. The Morgan fingerprint density at radius 1 is 0.968 bits per heavy atom. The Bertz CT molecular complexity index is 2390. The molecule has 1 aromatic heterocycles. The van der Waals surface area contributed by atoms with E-state index in [1.165, 1.54) is 23.3 Å². The minimum Gasteiger partial charge on any atom is -0.390 e. The highest BCUT2D eigenvalue weighted by atomic mass is 32.2. The molecule has 1 amide bonds. The van der Waals surface area contributed by atoms with Gasteiger partial charge in [-0.1, -0.05) is 62.4 Å². The van der Waals surface area contributed by atoms with Crippen LogP contribution in [0.1, 0.15) is 111 Å². The molecule has 13 nitrogen and oxygen atoms in total. The van der Waals surface area contributed by atoms with E-state index in [4.69, 9.17) is 0 Å². The van der Waals surface area contributed by atoms with Crippen molar-refractivity contribution in [1.29, 1.82) is 0 Å². The number of halogens is 1. The van der Waals surface area contributed by atoms with Crippen molar-refractivity contribution in [2.75, 3.05) is 49.5 Å². The largest absolute Gasteiger partial charge is 0.390 e. The molecule has 3 heterocycles. The first-order valence-corrected chi connectivity index (χ1v) is 23.9. The van der Waals surface area contributed by atoms with Gasteiger partial charge in [-0.05, 0) is 116 Å². The lowest BCUT2D eigenvalue weighted by atomic mass is 9.59. The number of hydrogen-bond donors (Lipinski definition) is 3. The van der Waals surface area contributed by atoms with Crippen molar-refractivity contribution in [2.24, 2.45) is 11.3 Å². The summed E-state index contributed by atoms with van der Waals surface area (Å²) in [5.74, 6) is -0.514. The zero-order chi connectivity index (χ0) is 44.5. The molecule has 2 saturated carbocycles. The van der Waals surface area contributed by atoms with Gasteiger partial charge in [-0.3, -0.25) is 24.7 Å². The van der Waals surface area contributed by atoms with E-state index in [1.54, 1.807) is 19.1 Å². The SMILES string of the molecule is CC(C)c1ccccc1[C@@H]1CN(Cc2ccc(F)cc2)CCN1C1CC2(CCN(c3ccccc3C(=O)NS(=O)(=O)c3cnc(NCC4CCC(C)(O)CC4)c([N+](=O)[O-])c3)CC2)C1. The number of nitrogens with zero attached hydrogens (tertiary/aromatic N) is 5. The van der Waals surface area contributed by atoms with E-state index in [0.717, 1.165) is 95.6 Å². The Kier molecular flexibility index (Phi) is 12.9. The number of anilines is 2. The molecule has 336 valence electrons. The molecule has 63 heavy (non-hydrogen) atoms. The summed E-state index contributed by atoms with van der Waals surface area (Å²) < 4.78 is 43.0. The number of rotatable bonds is 13. The van der Waals surface area contributed by atoms with Crippen molar-refractivity contribution in [3.8, 4) is 0 Å². The van der Waals surface area contributed by atoms with Crippen molar-refractivity contribution in [3.05, 3.63) is 123 Å². The molecule has 2 aliphatic heterocycles. The van der Waals surface area contributed by atoms with Gasteiger partial charge in [0.05, 0.1) is 22.3 Å². The Hall–Kier alpha value is -4.96. The van der Waals surface area contributed by atoms with Crippen LogP contribution in [0.2, 0.25) is 0 Å². The predicted octanol–water partition coefficient (Wildman–Crippen LogP) is 8.03. The van der Waals surface area contributed by atoms with E-state index in [2.05, 4.69) is 67.8 Å². The molecule has 3 aromatic carbocycles. The quantitative estimate of drug-likeness (QED) is 0.0881. The summed E-state index contributed by atoms with van der Waals surface area (Å²) in [6, 6.07) is 24.3. The molecule has 2 aliphatic carbocycles. The molecular formula is C48H60FN7O6S. The fraction of sp³-hybridized carbons (Fsp3) is 0.500. The maximum Gasteiger partial charge on any atom is 0.312 e. The summed E-state index contributed by atoms with van der Waals surface area (Å²) in [5.41, 5.74) is 3.70. The molecule has 0 bridgehead atoms. The summed E-state index contributed by atoms with van der Waals surface area (Å²) in [7, 11) is -4.52. The van der Waals surface area contributed by atoms with Crippen LogP contribution < -0.4 is 14.9 Å². The van der Waals surface area contributed by atoms with Crippen LogP contribution in [0.25, 0.3) is 0 Å². The number of carbonyl (C=O) groups is 1. The first-order chi connectivity index (χ1) is 30.1. The van der Waals surface area contributed by atoms with Crippen molar-refractivity contribution in [2.45, 2.75) is 107 Å². The fourth-order valence-corrected chi connectivity index (χ4v) is 11.4. The number of benzene rings is 3. The first kappa shape index (κ1) is 44.6. The zero-order valence-corrected chi connectivity index (χ0v) is 37.3. The van der Waals surface area contributed by atoms with Crippen molar-refractivity contribution < 1.29 is 27.6 Å². The lowest BCUT2D eigenvalue weighted by Gasteiger charge is -2.58. The molecule has 4 aromatic rings. The third kappa shape index (κ3) is 10.1. The van der Waals surface area contributed by atoms with Gasteiger partial charge in [0.25, 0.3) is 15.9 Å². The highest BCUT2D eigenvalue weighted by Gasteiger charge is 2.50. The molecule has 1 atom stereocenters. The number of hydrogen-bond acceptors (Lipinski definition) is 11. The molecule has 0 radical (unpaired) electrons. The van der Waals surface area contributed by atoms with Gasteiger partial charge in [-0.25, -0.2) is 22.5 Å². The Morgan fingerprint density at radius 3 is 2.35 bits per heavy atom. The van der Waals surface area contributed by atoms with Crippen molar-refractivity contribution in [1.82, 2.24) is 19.5 Å². The average molecular weight is 882 g/mol. The highest BCUT2D eigenvalue weighted by Crippen LogP contribution is 2.53. The zero-order valence-electron chi connectivity index (χ0n) is 36.5. The molecule has 2 saturated heterocycles. The molecular weight excluding hydrogens is 822 g/mol. The van der Waals surface area contributed by atoms with Gasteiger partial charge in [0.15, 0.2) is 0 Å².